The highest BCUT2D eigenvalue weighted by Gasteiger charge is 2.28. The molecule has 0 saturated heterocycles. The van der Waals surface area contributed by atoms with E-state index in [1.165, 1.54) is 18.7 Å². The second-order valence-electron chi connectivity index (χ2n) is 5.44. The van der Waals surface area contributed by atoms with Gasteiger partial charge in [-0.3, -0.25) is 4.79 Å². The van der Waals surface area contributed by atoms with Gasteiger partial charge < -0.3 is 36.7 Å². The molecular weight excluding hydrogens is 368 g/mol. The first-order chi connectivity index (χ1) is 12.1. The van der Waals surface area contributed by atoms with Crippen molar-refractivity contribution in [1.29, 1.82) is 0 Å². The lowest BCUT2D eigenvalue weighted by atomic mass is 10.2. The molecule has 0 aliphatic carbocycles. The molecule has 0 fully saturated rings. The molecule has 0 bridgehead atoms. The highest BCUT2D eigenvalue weighted by atomic mass is 32.2. The molecule has 0 aliphatic rings. The van der Waals surface area contributed by atoms with Crippen molar-refractivity contribution in [2.45, 2.75) is 37.6 Å². The van der Waals surface area contributed by atoms with Gasteiger partial charge in [-0.15, -0.1) is 10.2 Å². The van der Waals surface area contributed by atoms with Crippen molar-refractivity contribution in [3.05, 3.63) is 11.8 Å². The van der Waals surface area contributed by atoms with E-state index >= 15 is 0 Å². The number of aliphatic carboxylic acids is 1. The number of hydrogen-bond donors (Lipinski definition) is 6. The van der Waals surface area contributed by atoms with Crippen molar-refractivity contribution >= 4 is 29.7 Å². The Morgan fingerprint density at radius 1 is 1.27 bits per heavy atom. The number of nitrogens with zero attached hydrogens (tertiary/aromatic N) is 2. The van der Waals surface area contributed by atoms with Crippen molar-refractivity contribution < 1.29 is 29.0 Å². The lowest BCUT2D eigenvalue weighted by molar-refractivity contribution is -0.141. The zero-order valence-electron chi connectivity index (χ0n) is 14.2. The van der Waals surface area contributed by atoms with Crippen LogP contribution in [-0.2, 0) is 9.59 Å². The summed E-state index contributed by atoms with van der Waals surface area (Å²) in [4.78, 5) is 34.3. The number of aliphatic hydroxyl groups is 1. The number of aromatic nitrogens is 2. The summed E-state index contributed by atoms with van der Waals surface area (Å²) in [5.41, 5.74) is 11.0. The van der Waals surface area contributed by atoms with Crippen LogP contribution in [-0.4, -0.2) is 62.5 Å². The number of primary amides is 1. The van der Waals surface area contributed by atoms with Crippen LogP contribution in [0.3, 0.4) is 0 Å². The molecule has 1 heterocycles. The van der Waals surface area contributed by atoms with Crippen LogP contribution in [0.5, 0.6) is 0 Å². The number of urea groups is 1. The molecule has 0 aromatic carbocycles. The predicted molar refractivity (Wildman–Crippen MR) is 90.9 cm³/mol. The van der Waals surface area contributed by atoms with E-state index in [4.69, 9.17) is 21.0 Å². The van der Waals surface area contributed by atoms with E-state index in [2.05, 4.69) is 20.8 Å². The summed E-state index contributed by atoms with van der Waals surface area (Å²) in [6, 6.07) is -4.12. The average Bonchev–Trinajstić information content (AvgIpc) is 3.01. The number of rotatable bonds is 10. The fourth-order valence-corrected chi connectivity index (χ4v) is 2.42. The molecule has 0 saturated carbocycles. The first-order valence-corrected chi connectivity index (χ1v) is 8.89. The minimum absolute atomic E-state index is 0.102. The number of aliphatic hydroxyl groups excluding tert-OH is 1. The number of carbonyl (C=O) groups is 3. The molecule has 26 heavy (non-hydrogen) atoms. The minimum atomic E-state index is -1.54. The van der Waals surface area contributed by atoms with Crippen LogP contribution >= 0.6 is 11.8 Å². The minimum Gasteiger partial charge on any atom is -0.480 e. The molecular formula is C13H22N6O6S. The lowest BCUT2D eigenvalue weighted by Crippen LogP contribution is -2.52. The van der Waals surface area contributed by atoms with Gasteiger partial charge in [0.1, 0.15) is 6.04 Å². The Morgan fingerprint density at radius 3 is 2.38 bits per heavy atom. The maximum Gasteiger partial charge on any atom is 0.328 e. The summed E-state index contributed by atoms with van der Waals surface area (Å²) in [7, 11) is 0. The third-order valence-electron chi connectivity index (χ3n) is 3.16. The zero-order valence-corrected chi connectivity index (χ0v) is 15.0. The molecule has 3 amide bonds. The topological polar surface area (TPSA) is 207 Å². The molecule has 0 aliphatic heterocycles. The molecule has 4 atom stereocenters. The zero-order chi connectivity index (χ0) is 19.9. The van der Waals surface area contributed by atoms with E-state index in [9.17, 15) is 19.5 Å². The third-order valence-corrected chi connectivity index (χ3v) is 3.86. The van der Waals surface area contributed by atoms with Crippen LogP contribution in [0.4, 0.5) is 4.79 Å². The van der Waals surface area contributed by atoms with Crippen LogP contribution in [0, 0.1) is 0 Å². The number of carboxylic acid groups (broad SMARTS) is 1. The standard InChI is InChI=1S/C13H22N6O6S/c1-5(20)9(12(22)23)17-13(24)16-7(3-8(15)21)11-19-18-10(25-11)6(14)4-26-2/h5-7,9,20H,3-4,14H2,1-2H3,(H2,15,21)(H,22,23)(H2,16,17,24)/t5?,6-,7-,9?/m0/s1. The number of carbonyl (C=O) groups excluding carboxylic acids is 2. The Labute approximate surface area is 153 Å². The highest BCUT2D eigenvalue weighted by molar-refractivity contribution is 7.98. The van der Waals surface area contributed by atoms with Crippen molar-refractivity contribution in [3.63, 3.8) is 0 Å². The molecule has 1 aromatic rings. The Kier molecular flexibility index (Phi) is 8.28. The van der Waals surface area contributed by atoms with Gasteiger partial charge in [0.2, 0.25) is 17.7 Å². The Bertz CT molecular complexity index is 638. The summed E-state index contributed by atoms with van der Waals surface area (Å²) in [6.07, 6.45) is 0.145. The van der Waals surface area contributed by atoms with E-state index in [1.54, 1.807) is 0 Å². The van der Waals surface area contributed by atoms with Crippen molar-refractivity contribution in [3.8, 4) is 0 Å². The fourth-order valence-electron chi connectivity index (χ4n) is 1.92. The second-order valence-corrected chi connectivity index (χ2v) is 6.35. The number of nitrogens with two attached hydrogens (primary N) is 2. The van der Waals surface area contributed by atoms with E-state index in [0.717, 1.165) is 0 Å². The molecule has 1 aromatic heterocycles. The first-order valence-electron chi connectivity index (χ1n) is 7.49. The summed E-state index contributed by atoms with van der Waals surface area (Å²) in [5.74, 6) is -1.64. The smallest absolute Gasteiger partial charge is 0.328 e. The number of thioether (sulfide) groups is 1. The molecule has 0 radical (unpaired) electrons. The normalized spacial score (nSPS) is 15.5. The van der Waals surface area contributed by atoms with E-state index in [0.29, 0.717) is 5.75 Å². The van der Waals surface area contributed by atoms with Crippen molar-refractivity contribution in [2.24, 2.45) is 11.5 Å². The Hall–Kier alpha value is -2.38. The van der Waals surface area contributed by atoms with E-state index in [1.807, 2.05) is 6.26 Å². The van der Waals surface area contributed by atoms with Gasteiger partial charge in [0.25, 0.3) is 0 Å². The number of nitrogens with one attached hydrogen (secondary N) is 2. The maximum atomic E-state index is 12.0. The summed E-state index contributed by atoms with van der Waals surface area (Å²) >= 11 is 1.47. The molecule has 8 N–H and O–H groups in total. The molecule has 146 valence electrons. The van der Waals surface area contributed by atoms with Gasteiger partial charge in [-0.2, -0.15) is 11.8 Å². The van der Waals surface area contributed by atoms with Crippen LogP contribution in [0.1, 0.15) is 37.2 Å². The van der Waals surface area contributed by atoms with Gasteiger partial charge in [0.15, 0.2) is 6.04 Å². The Morgan fingerprint density at radius 2 is 1.88 bits per heavy atom. The predicted octanol–water partition coefficient (Wildman–Crippen LogP) is -1.52. The Balaban J connectivity index is 2.89. The molecule has 0 spiro atoms. The van der Waals surface area contributed by atoms with Crippen LogP contribution in [0.25, 0.3) is 0 Å². The van der Waals surface area contributed by atoms with E-state index < -0.39 is 42.1 Å². The number of hydrogen-bond acceptors (Lipinski definition) is 9. The third kappa shape index (κ3) is 6.50. The van der Waals surface area contributed by atoms with Crippen molar-refractivity contribution in [1.82, 2.24) is 20.8 Å². The molecule has 2 unspecified atom stereocenters. The van der Waals surface area contributed by atoms with Gasteiger partial charge in [0, 0.05) is 5.75 Å². The molecule has 12 nitrogen and oxygen atoms in total. The maximum absolute atomic E-state index is 12.0. The van der Waals surface area contributed by atoms with Gasteiger partial charge in [-0.05, 0) is 13.2 Å². The summed E-state index contributed by atoms with van der Waals surface area (Å²) < 4.78 is 5.39. The first kappa shape index (κ1) is 21.7. The van der Waals surface area contributed by atoms with Gasteiger partial charge in [-0.1, -0.05) is 0 Å². The SMILES string of the molecule is CSC[C@H](N)c1nnc([C@H](CC(N)=O)NC(=O)NC(C(=O)O)C(C)O)o1. The van der Waals surface area contributed by atoms with Crippen LogP contribution in [0.2, 0.25) is 0 Å². The average molecular weight is 390 g/mol. The molecule has 13 heteroatoms. The lowest BCUT2D eigenvalue weighted by Gasteiger charge is -2.19. The van der Waals surface area contributed by atoms with Gasteiger partial charge in [0.05, 0.1) is 18.6 Å². The number of amides is 3. The van der Waals surface area contributed by atoms with Crippen molar-refractivity contribution in [2.75, 3.05) is 12.0 Å². The van der Waals surface area contributed by atoms with Crippen LogP contribution in [0.15, 0.2) is 4.42 Å². The van der Waals surface area contributed by atoms with E-state index in [-0.39, 0.29) is 18.2 Å². The molecule has 1 rings (SSSR count). The van der Waals surface area contributed by atoms with Crippen LogP contribution < -0.4 is 22.1 Å². The number of carboxylic acids is 1. The highest BCUT2D eigenvalue weighted by Crippen LogP contribution is 2.19. The van der Waals surface area contributed by atoms with Gasteiger partial charge in [-0.25, -0.2) is 9.59 Å². The summed E-state index contributed by atoms with van der Waals surface area (Å²) in [6.45, 7) is 1.21. The van der Waals surface area contributed by atoms with Gasteiger partial charge >= 0.3 is 12.0 Å². The second kappa shape index (κ2) is 9.94. The summed E-state index contributed by atoms with van der Waals surface area (Å²) in [5, 5.41) is 30.3. The monoisotopic (exact) mass is 390 g/mol. The quantitative estimate of drug-likeness (QED) is 0.272. The fraction of sp³-hybridized carbons (Fsp3) is 0.615. The largest absolute Gasteiger partial charge is 0.480 e.